The highest BCUT2D eigenvalue weighted by Gasteiger charge is 2.27. The first-order valence-corrected chi connectivity index (χ1v) is 10.5. The van der Waals surface area contributed by atoms with Gasteiger partial charge in [-0.25, -0.2) is 14.0 Å². The van der Waals surface area contributed by atoms with Gasteiger partial charge < -0.3 is 15.5 Å². The average Bonchev–Trinajstić information content (AvgIpc) is 2.78. The Morgan fingerprint density at radius 1 is 0.938 bits per heavy atom. The maximum atomic E-state index is 13.2. The minimum absolute atomic E-state index is 0.109. The van der Waals surface area contributed by atoms with Crippen LogP contribution in [0.15, 0.2) is 72.8 Å². The Hall–Kier alpha value is -3.87. The van der Waals surface area contributed by atoms with E-state index in [0.717, 1.165) is 17.5 Å². The molecule has 0 atom stereocenters. The molecule has 164 valence electrons. The summed E-state index contributed by atoms with van der Waals surface area (Å²) in [7, 11) is 0. The van der Waals surface area contributed by atoms with Crippen LogP contribution in [0.3, 0.4) is 0 Å². The SMILES string of the molecule is Cc1ccc(NC(=O)Nc2cccc(N3CCCN(Cc4ccc(F)cc4)C3=O)c2)cc1. The third kappa shape index (κ3) is 5.24. The first-order chi connectivity index (χ1) is 15.5. The molecule has 0 radical (unpaired) electrons. The number of anilines is 3. The summed E-state index contributed by atoms with van der Waals surface area (Å²) in [5, 5.41) is 5.62. The van der Waals surface area contributed by atoms with Crippen molar-refractivity contribution in [1.29, 1.82) is 0 Å². The number of hydrogen-bond acceptors (Lipinski definition) is 2. The quantitative estimate of drug-likeness (QED) is 0.550. The number of halogens is 1. The van der Waals surface area contributed by atoms with Gasteiger partial charge in [0.2, 0.25) is 0 Å². The van der Waals surface area contributed by atoms with Gasteiger partial charge in [-0.1, -0.05) is 35.9 Å². The molecule has 0 aliphatic carbocycles. The minimum atomic E-state index is -0.353. The Labute approximate surface area is 186 Å². The number of rotatable bonds is 5. The van der Waals surface area contributed by atoms with Crippen LogP contribution in [0.5, 0.6) is 0 Å². The third-order valence-electron chi connectivity index (χ3n) is 5.32. The van der Waals surface area contributed by atoms with Crippen molar-refractivity contribution in [1.82, 2.24) is 4.90 Å². The molecule has 1 saturated heterocycles. The predicted octanol–water partition coefficient (Wildman–Crippen LogP) is 5.61. The fraction of sp³-hybridized carbons (Fsp3) is 0.200. The monoisotopic (exact) mass is 432 g/mol. The molecule has 7 heteroatoms. The first-order valence-electron chi connectivity index (χ1n) is 10.5. The molecule has 0 aromatic heterocycles. The normalized spacial score (nSPS) is 13.8. The second kappa shape index (κ2) is 9.51. The van der Waals surface area contributed by atoms with Gasteiger partial charge in [0.05, 0.1) is 0 Å². The van der Waals surface area contributed by atoms with E-state index in [1.807, 2.05) is 43.3 Å². The molecule has 6 nitrogen and oxygen atoms in total. The highest BCUT2D eigenvalue weighted by atomic mass is 19.1. The molecule has 4 rings (SSSR count). The van der Waals surface area contributed by atoms with Crippen molar-refractivity contribution in [2.75, 3.05) is 28.6 Å². The Balaban J connectivity index is 1.42. The summed E-state index contributed by atoms with van der Waals surface area (Å²) in [4.78, 5) is 28.9. The Morgan fingerprint density at radius 2 is 1.66 bits per heavy atom. The van der Waals surface area contributed by atoms with Crippen molar-refractivity contribution in [2.45, 2.75) is 19.9 Å². The minimum Gasteiger partial charge on any atom is -0.320 e. The van der Waals surface area contributed by atoms with Crippen LogP contribution in [0.4, 0.5) is 31.0 Å². The zero-order valence-corrected chi connectivity index (χ0v) is 17.8. The molecule has 4 amide bonds. The molecule has 3 aromatic rings. The van der Waals surface area contributed by atoms with Crippen molar-refractivity contribution in [2.24, 2.45) is 0 Å². The molecule has 0 bridgehead atoms. The molecule has 32 heavy (non-hydrogen) atoms. The van der Waals surface area contributed by atoms with Gasteiger partial charge >= 0.3 is 12.1 Å². The summed E-state index contributed by atoms with van der Waals surface area (Å²) < 4.78 is 13.2. The summed E-state index contributed by atoms with van der Waals surface area (Å²) in [6.07, 6.45) is 0.818. The van der Waals surface area contributed by atoms with E-state index >= 15 is 0 Å². The fourth-order valence-corrected chi connectivity index (χ4v) is 3.66. The predicted molar refractivity (Wildman–Crippen MR) is 124 cm³/mol. The molecule has 0 spiro atoms. The molecular formula is C25H25FN4O2. The van der Waals surface area contributed by atoms with Crippen LogP contribution in [0.25, 0.3) is 0 Å². The number of urea groups is 2. The van der Waals surface area contributed by atoms with Crippen molar-refractivity contribution in [3.63, 3.8) is 0 Å². The number of nitrogens with one attached hydrogen (secondary N) is 2. The van der Waals surface area contributed by atoms with Gasteiger partial charge in [-0.05, 0) is 61.4 Å². The summed E-state index contributed by atoms with van der Waals surface area (Å²) in [5.41, 5.74) is 4.00. The Bertz CT molecular complexity index is 1100. The lowest BCUT2D eigenvalue weighted by Gasteiger charge is -2.36. The van der Waals surface area contributed by atoms with Crippen molar-refractivity contribution >= 4 is 29.1 Å². The molecule has 1 aliphatic heterocycles. The molecule has 1 fully saturated rings. The number of hydrogen-bond donors (Lipinski definition) is 2. The topological polar surface area (TPSA) is 64.7 Å². The fourth-order valence-electron chi connectivity index (χ4n) is 3.66. The van der Waals surface area contributed by atoms with Gasteiger partial charge in [0.15, 0.2) is 0 Å². The van der Waals surface area contributed by atoms with Gasteiger partial charge in [-0.15, -0.1) is 0 Å². The number of carbonyl (C=O) groups is 2. The average molecular weight is 432 g/mol. The summed E-state index contributed by atoms with van der Waals surface area (Å²) >= 11 is 0. The van der Waals surface area contributed by atoms with E-state index in [-0.39, 0.29) is 17.9 Å². The van der Waals surface area contributed by atoms with Crippen LogP contribution in [0, 0.1) is 12.7 Å². The van der Waals surface area contributed by atoms with Crippen LogP contribution in [-0.4, -0.2) is 30.1 Å². The van der Waals surface area contributed by atoms with E-state index < -0.39 is 0 Å². The second-order valence-electron chi connectivity index (χ2n) is 7.83. The highest BCUT2D eigenvalue weighted by molar-refractivity contribution is 6.00. The smallest absolute Gasteiger partial charge is 0.320 e. The van der Waals surface area contributed by atoms with Crippen molar-refractivity contribution in [3.05, 3.63) is 89.7 Å². The maximum absolute atomic E-state index is 13.2. The number of carbonyl (C=O) groups excluding carboxylic acids is 2. The lowest BCUT2D eigenvalue weighted by molar-refractivity contribution is 0.192. The van der Waals surface area contributed by atoms with E-state index in [1.54, 1.807) is 34.1 Å². The lowest BCUT2D eigenvalue weighted by Crippen LogP contribution is -2.49. The van der Waals surface area contributed by atoms with E-state index in [4.69, 9.17) is 0 Å². The van der Waals surface area contributed by atoms with Gasteiger partial charge in [0, 0.05) is 36.7 Å². The molecular weight excluding hydrogens is 407 g/mol. The molecule has 2 N–H and O–H groups in total. The van der Waals surface area contributed by atoms with Crippen LogP contribution in [0.2, 0.25) is 0 Å². The van der Waals surface area contributed by atoms with E-state index in [1.165, 1.54) is 12.1 Å². The number of nitrogens with zero attached hydrogens (tertiary/aromatic N) is 2. The Morgan fingerprint density at radius 3 is 2.41 bits per heavy atom. The van der Waals surface area contributed by atoms with Crippen LogP contribution < -0.4 is 15.5 Å². The second-order valence-corrected chi connectivity index (χ2v) is 7.83. The zero-order chi connectivity index (χ0) is 22.5. The van der Waals surface area contributed by atoms with Crippen LogP contribution >= 0.6 is 0 Å². The van der Waals surface area contributed by atoms with Gasteiger partial charge in [0.25, 0.3) is 0 Å². The zero-order valence-electron chi connectivity index (χ0n) is 17.8. The van der Waals surface area contributed by atoms with Gasteiger partial charge in [0.1, 0.15) is 5.82 Å². The summed E-state index contributed by atoms with van der Waals surface area (Å²) in [6, 6.07) is 20.5. The van der Waals surface area contributed by atoms with E-state index in [0.29, 0.717) is 36.7 Å². The lowest BCUT2D eigenvalue weighted by atomic mass is 10.1. The molecule has 1 heterocycles. The first kappa shape index (κ1) is 21.4. The molecule has 0 unspecified atom stereocenters. The molecule has 3 aromatic carbocycles. The Kier molecular flexibility index (Phi) is 6.35. The van der Waals surface area contributed by atoms with Crippen molar-refractivity contribution in [3.8, 4) is 0 Å². The molecule has 1 aliphatic rings. The maximum Gasteiger partial charge on any atom is 0.324 e. The number of amides is 4. The van der Waals surface area contributed by atoms with Crippen LogP contribution in [-0.2, 0) is 6.54 Å². The molecule has 0 saturated carbocycles. The van der Waals surface area contributed by atoms with Crippen LogP contribution in [0.1, 0.15) is 17.5 Å². The van der Waals surface area contributed by atoms with Gasteiger partial charge in [-0.3, -0.25) is 4.90 Å². The number of aryl methyl sites for hydroxylation is 1. The standard InChI is InChI=1S/C25H25FN4O2/c1-18-6-12-21(13-7-18)27-24(31)28-22-4-2-5-23(16-22)30-15-3-14-29(25(30)32)17-19-8-10-20(26)11-9-19/h2,4-13,16H,3,14-15,17H2,1H3,(H2,27,28,31). The van der Waals surface area contributed by atoms with Crippen molar-refractivity contribution < 1.29 is 14.0 Å². The largest absolute Gasteiger partial charge is 0.324 e. The summed E-state index contributed by atoms with van der Waals surface area (Å²) in [6.45, 7) is 3.64. The number of benzene rings is 3. The van der Waals surface area contributed by atoms with E-state index in [2.05, 4.69) is 10.6 Å². The summed E-state index contributed by atoms with van der Waals surface area (Å²) in [5.74, 6) is -0.295. The third-order valence-corrected chi connectivity index (χ3v) is 5.32. The van der Waals surface area contributed by atoms with Gasteiger partial charge in [-0.2, -0.15) is 0 Å². The van der Waals surface area contributed by atoms with E-state index in [9.17, 15) is 14.0 Å². The highest BCUT2D eigenvalue weighted by Crippen LogP contribution is 2.24.